The highest BCUT2D eigenvalue weighted by Crippen LogP contribution is 2.17. The van der Waals surface area contributed by atoms with Gasteiger partial charge in [0.15, 0.2) is 11.6 Å². The second kappa shape index (κ2) is 9.08. The van der Waals surface area contributed by atoms with Gasteiger partial charge in [0.25, 0.3) is 0 Å². The summed E-state index contributed by atoms with van der Waals surface area (Å²) >= 11 is 0. The van der Waals surface area contributed by atoms with E-state index in [4.69, 9.17) is 9.15 Å². The van der Waals surface area contributed by atoms with Crippen LogP contribution in [0.1, 0.15) is 11.8 Å². The summed E-state index contributed by atoms with van der Waals surface area (Å²) in [6.07, 6.45) is 1.61. The van der Waals surface area contributed by atoms with Crippen molar-refractivity contribution in [3.05, 3.63) is 54.2 Å². The summed E-state index contributed by atoms with van der Waals surface area (Å²) < 4.78 is 24.2. The minimum Gasteiger partial charge on any atom is -0.489 e. The van der Waals surface area contributed by atoms with Gasteiger partial charge in [-0.15, -0.1) is 0 Å². The lowest BCUT2D eigenvalue weighted by atomic mass is 10.2. The number of ether oxygens (including phenoxy) is 1. The number of rotatable bonds is 8. The first-order valence-electron chi connectivity index (χ1n) is 8.05. The number of halogens is 1. The summed E-state index contributed by atoms with van der Waals surface area (Å²) in [7, 11) is 5.51. The standard InChI is InChI=1S/C18H24FN3O3/c1-21(2)15(17-9-6-11-24-17)13-20-18(23)22(3)10-12-25-16-8-5-4-7-14(16)19/h4-9,11,15H,10,12-13H2,1-3H3,(H,20,23). The first-order chi connectivity index (χ1) is 12.0. The van der Waals surface area contributed by atoms with Gasteiger partial charge in [-0.2, -0.15) is 0 Å². The number of hydrogen-bond donors (Lipinski definition) is 1. The molecule has 0 aliphatic heterocycles. The zero-order chi connectivity index (χ0) is 18.2. The minimum atomic E-state index is -0.415. The lowest BCUT2D eigenvalue weighted by molar-refractivity contribution is 0.187. The summed E-state index contributed by atoms with van der Waals surface area (Å²) in [5.74, 6) is 0.555. The summed E-state index contributed by atoms with van der Waals surface area (Å²) in [6, 6.07) is 9.61. The van der Waals surface area contributed by atoms with Crippen LogP contribution in [-0.2, 0) is 0 Å². The van der Waals surface area contributed by atoms with Crippen molar-refractivity contribution in [1.82, 2.24) is 15.1 Å². The second-order valence-corrected chi connectivity index (χ2v) is 5.88. The van der Waals surface area contributed by atoms with Gasteiger partial charge in [-0.25, -0.2) is 9.18 Å². The predicted octanol–water partition coefficient (Wildman–Crippen LogP) is 2.74. The van der Waals surface area contributed by atoms with Crippen LogP contribution < -0.4 is 10.1 Å². The zero-order valence-electron chi connectivity index (χ0n) is 14.7. The molecule has 136 valence electrons. The Morgan fingerprint density at radius 3 is 2.64 bits per heavy atom. The topological polar surface area (TPSA) is 58.0 Å². The predicted molar refractivity (Wildman–Crippen MR) is 93.1 cm³/mol. The zero-order valence-corrected chi connectivity index (χ0v) is 14.7. The smallest absolute Gasteiger partial charge is 0.317 e. The monoisotopic (exact) mass is 349 g/mol. The van der Waals surface area contributed by atoms with Crippen LogP contribution in [0.5, 0.6) is 5.75 Å². The van der Waals surface area contributed by atoms with E-state index < -0.39 is 5.82 Å². The minimum absolute atomic E-state index is 0.0537. The van der Waals surface area contributed by atoms with E-state index in [0.29, 0.717) is 13.1 Å². The van der Waals surface area contributed by atoms with Gasteiger partial charge in [0.05, 0.1) is 18.8 Å². The molecule has 1 heterocycles. The summed E-state index contributed by atoms with van der Waals surface area (Å²) in [5.41, 5.74) is 0. The molecule has 0 saturated carbocycles. The van der Waals surface area contributed by atoms with E-state index in [-0.39, 0.29) is 24.4 Å². The lowest BCUT2D eigenvalue weighted by Crippen LogP contribution is -2.42. The number of furan rings is 1. The largest absolute Gasteiger partial charge is 0.489 e. The Kier molecular flexibility index (Phi) is 6.82. The first kappa shape index (κ1) is 18.8. The molecule has 6 nitrogen and oxygen atoms in total. The number of nitrogens with one attached hydrogen (secondary N) is 1. The summed E-state index contributed by atoms with van der Waals surface area (Å²) in [5, 5.41) is 2.87. The molecule has 1 aromatic carbocycles. The molecule has 1 unspecified atom stereocenters. The Labute approximate surface area is 147 Å². The molecule has 0 fully saturated rings. The molecule has 2 rings (SSSR count). The maximum absolute atomic E-state index is 13.5. The van der Waals surface area contributed by atoms with Crippen molar-refractivity contribution >= 4 is 6.03 Å². The van der Waals surface area contributed by atoms with Crippen LogP contribution >= 0.6 is 0 Å². The van der Waals surface area contributed by atoms with Gasteiger partial charge in [0, 0.05) is 13.6 Å². The highest BCUT2D eigenvalue weighted by atomic mass is 19.1. The van der Waals surface area contributed by atoms with Gasteiger partial charge < -0.3 is 19.4 Å². The molecule has 0 radical (unpaired) electrons. The van der Waals surface area contributed by atoms with Gasteiger partial charge in [-0.3, -0.25) is 4.90 Å². The average Bonchev–Trinajstić information content (AvgIpc) is 3.10. The van der Waals surface area contributed by atoms with Crippen molar-refractivity contribution in [2.75, 3.05) is 40.8 Å². The van der Waals surface area contributed by atoms with Crippen LogP contribution in [0.2, 0.25) is 0 Å². The van der Waals surface area contributed by atoms with Crippen LogP contribution in [0.25, 0.3) is 0 Å². The fraction of sp³-hybridized carbons (Fsp3) is 0.389. The quantitative estimate of drug-likeness (QED) is 0.796. The van der Waals surface area contributed by atoms with E-state index >= 15 is 0 Å². The van der Waals surface area contributed by atoms with Crippen molar-refractivity contribution < 1.29 is 18.3 Å². The van der Waals surface area contributed by atoms with Crippen LogP contribution in [0.3, 0.4) is 0 Å². The molecule has 2 amide bonds. The molecule has 25 heavy (non-hydrogen) atoms. The van der Waals surface area contributed by atoms with E-state index in [1.807, 2.05) is 31.1 Å². The maximum Gasteiger partial charge on any atom is 0.317 e. The highest BCUT2D eigenvalue weighted by Gasteiger charge is 2.19. The van der Waals surface area contributed by atoms with Gasteiger partial charge in [0.1, 0.15) is 12.4 Å². The lowest BCUT2D eigenvalue weighted by Gasteiger charge is -2.24. The van der Waals surface area contributed by atoms with Crippen molar-refractivity contribution in [1.29, 1.82) is 0 Å². The Morgan fingerprint density at radius 2 is 2.00 bits per heavy atom. The molecule has 1 aromatic heterocycles. The fourth-order valence-corrected chi connectivity index (χ4v) is 2.29. The van der Waals surface area contributed by atoms with E-state index in [9.17, 15) is 9.18 Å². The Morgan fingerprint density at radius 1 is 1.24 bits per heavy atom. The van der Waals surface area contributed by atoms with Gasteiger partial charge >= 0.3 is 6.03 Å². The second-order valence-electron chi connectivity index (χ2n) is 5.88. The van der Waals surface area contributed by atoms with Crippen LogP contribution in [0.4, 0.5) is 9.18 Å². The van der Waals surface area contributed by atoms with Gasteiger partial charge in [0.2, 0.25) is 0 Å². The Balaban J connectivity index is 1.77. The number of amides is 2. The van der Waals surface area contributed by atoms with E-state index in [1.165, 1.54) is 11.0 Å². The van der Waals surface area contributed by atoms with Gasteiger partial charge in [-0.05, 0) is 38.4 Å². The number of carbonyl (C=O) groups excluding carboxylic acids is 1. The number of carbonyl (C=O) groups is 1. The molecule has 0 bridgehead atoms. The maximum atomic E-state index is 13.5. The van der Waals surface area contributed by atoms with E-state index in [1.54, 1.807) is 31.5 Å². The van der Waals surface area contributed by atoms with Crippen LogP contribution in [-0.4, -0.2) is 56.7 Å². The number of urea groups is 1. The van der Waals surface area contributed by atoms with Crippen molar-refractivity contribution in [2.45, 2.75) is 6.04 Å². The Bertz CT molecular complexity index is 661. The van der Waals surface area contributed by atoms with Crippen molar-refractivity contribution in [3.8, 4) is 5.75 Å². The summed E-state index contributed by atoms with van der Waals surface area (Å²) in [6.45, 7) is 0.964. The van der Waals surface area contributed by atoms with E-state index in [0.717, 1.165) is 5.76 Å². The third-order valence-corrected chi connectivity index (χ3v) is 3.81. The van der Waals surface area contributed by atoms with E-state index in [2.05, 4.69) is 5.32 Å². The third kappa shape index (κ3) is 5.49. The molecule has 0 saturated heterocycles. The molecule has 0 spiro atoms. The van der Waals surface area contributed by atoms with Crippen LogP contribution in [0.15, 0.2) is 47.1 Å². The van der Waals surface area contributed by atoms with Gasteiger partial charge in [-0.1, -0.05) is 12.1 Å². The number of nitrogens with zero attached hydrogens (tertiary/aromatic N) is 2. The molecule has 1 N–H and O–H groups in total. The van der Waals surface area contributed by atoms with Crippen molar-refractivity contribution in [3.63, 3.8) is 0 Å². The SMILES string of the molecule is CN(CCOc1ccccc1F)C(=O)NCC(c1ccco1)N(C)C. The summed E-state index contributed by atoms with van der Waals surface area (Å²) in [4.78, 5) is 15.7. The fourth-order valence-electron chi connectivity index (χ4n) is 2.29. The number of para-hydroxylation sites is 1. The average molecular weight is 349 g/mol. The number of hydrogen-bond acceptors (Lipinski definition) is 4. The molecular weight excluding hydrogens is 325 g/mol. The molecule has 0 aliphatic rings. The van der Waals surface area contributed by atoms with Crippen LogP contribution in [0, 0.1) is 5.82 Å². The molecule has 2 aromatic rings. The normalized spacial score (nSPS) is 12.0. The van der Waals surface area contributed by atoms with Crippen molar-refractivity contribution in [2.24, 2.45) is 0 Å². The molecule has 7 heteroatoms. The highest BCUT2D eigenvalue weighted by molar-refractivity contribution is 5.73. The first-order valence-corrected chi connectivity index (χ1v) is 8.05. The Hall–Kier alpha value is -2.54. The number of benzene rings is 1. The molecular formula is C18H24FN3O3. The molecule has 0 aliphatic carbocycles. The number of likely N-dealkylation sites (N-methyl/N-ethyl adjacent to an activating group) is 2. The third-order valence-electron chi connectivity index (χ3n) is 3.81. The molecule has 1 atom stereocenters.